The van der Waals surface area contributed by atoms with Crippen molar-refractivity contribution in [2.45, 2.75) is 25.7 Å². The van der Waals surface area contributed by atoms with Gasteiger partial charge in [0.2, 0.25) is 0 Å². The Balaban J connectivity index is 1.90. The monoisotopic (exact) mass is 275 g/mol. The summed E-state index contributed by atoms with van der Waals surface area (Å²) in [6, 6.07) is 14.8. The molecule has 2 nitrogen and oxygen atoms in total. The number of benzene rings is 2. The van der Waals surface area contributed by atoms with Crippen LogP contribution in [0.25, 0.3) is 10.8 Å². The van der Waals surface area contributed by atoms with Crippen LogP contribution >= 0.6 is 0 Å². The summed E-state index contributed by atoms with van der Waals surface area (Å²) in [6.07, 6.45) is 7.68. The zero-order chi connectivity index (χ0) is 14.2. The van der Waals surface area contributed by atoms with Crippen LogP contribution < -0.4 is 4.90 Å². The molecular weight excluding hydrogens is 258 g/mol. The van der Waals surface area contributed by atoms with Crippen LogP contribution in [0.15, 0.2) is 66.0 Å². The van der Waals surface area contributed by atoms with Crippen LogP contribution in [0.5, 0.6) is 0 Å². The first-order chi connectivity index (χ1) is 10.3. The first-order valence-electron chi connectivity index (χ1n) is 7.53. The summed E-state index contributed by atoms with van der Waals surface area (Å²) in [5.41, 5.74) is 3.38. The highest BCUT2D eigenvalue weighted by Crippen LogP contribution is 2.37. The van der Waals surface area contributed by atoms with Gasteiger partial charge in [-0.15, -0.1) is 0 Å². The number of rotatable bonds is 1. The van der Waals surface area contributed by atoms with E-state index in [4.69, 9.17) is 0 Å². The molecule has 0 amide bonds. The highest BCUT2D eigenvalue weighted by molar-refractivity contribution is 6.00. The van der Waals surface area contributed by atoms with Crippen molar-refractivity contribution in [3.05, 3.63) is 66.0 Å². The first-order valence-corrected chi connectivity index (χ1v) is 7.53. The maximum absolute atomic E-state index is 12.2. The van der Waals surface area contributed by atoms with Crippen molar-refractivity contribution < 1.29 is 4.79 Å². The fourth-order valence-corrected chi connectivity index (χ4v) is 3.39. The van der Waals surface area contributed by atoms with E-state index in [2.05, 4.69) is 59.6 Å². The highest BCUT2D eigenvalue weighted by atomic mass is 16.1. The van der Waals surface area contributed by atoms with Crippen molar-refractivity contribution in [1.29, 1.82) is 0 Å². The molecule has 0 radical (unpaired) electrons. The maximum atomic E-state index is 12.2. The fraction of sp³-hybridized carbons (Fsp3) is 0.211. The number of carbonyl (C=O) groups excluding carboxylic acids is 1. The molecule has 0 bridgehead atoms. The zero-order valence-electron chi connectivity index (χ0n) is 11.9. The fourth-order valence-electron chi connectivity index (χ4n) is 3.39. The van der Waals surface area contributed by atoms with E-state index in [9.17, 15) is 4.79 Å². The minimum absolute atomic E-state index is 0.325. The molecule has 0 saturated carbocycles. The molecule has 2 aromatic rings. The predicted octanol–water partition coefficient (Wildman–Crippen LogP) is 4.57. The quantitative estimate of drug-likeness (QED) is 0.759. The third-order valence-corrected chi connectivity index (χ3v) is 4.40. The highest BCUT2D eigenvalue weighted by Gasteiger charge is 2.26. The smallest absolute Gasteiger partial charge is 0.160 e. The van der Waals surface area contributed by atoms with Gasteiger partial charge in [0, 0.05) is 29.3 Å². The number of carbonyl (C=O) groups is 1. The van der Waals surface area contributed by atoms with Crippen molar-refractivity contribution in [1.82, 2.24) is 0 Å². The van der Waals surface area contributed by atoms with E-state index in [-0.39, 0.29) is 0 Å². The lowest BCUT2D eigenvalue weighted by atomic mass is 9.90. The van der Waals surface area contributed by atoms with Gasteiger partial charge in [-0.05, 0) is 30.7 Å². The molecule has 2 aliphatic rings. The zero-order valence-corrected chi connectivity index (χ0v) is 11.9. The molecule has 0 spiro atoms. The summed E-state index contributed by atoms with van der Waals surface area (Å²) in [7, 11) is 0. The Kier molecular flexibility index (Phi) is 2.88. The van der Waals surface area contributed by atoms with E-state index in [1.807, 2.05) is 0 Å². The molecule has 0 unspecified atom stereocenters. The molecule has 4 rings (SSSR count). The molecule has 1 aliphatic heterocycles. The molecule has 0 atom stereocenters. The predicted molar refractivity (Wildman–Crippen MR) is 86.1 cm³/mol. The second kappa shape index (κ2) is 4.88. The van der Waals surface area contributed by atoms with E-state index in [0.29, 0.717) is 12.2 Å². The number of allylic oxidation sites excluding steroid dienone is 3. The van der Waals surface area contributed by atoms with E-state index in [0.717, 1.165) is 24.8 Å². The van der Waals surface area contributed by atoms with Gasteiger partial charge in [-0.2, -0.15) is 0 Å². The second-order valence-electron chi connectivity index (χ2n) is 5.66. The van der Waals surface area contributed by atoms with Crippen LogP contribution in [0.1, 0.15) is 25.7 Å². The minimum atomic E-state index is 0.325. The molecular formula is C19H17NO. The number of fused-ring (bicyclic) bond motifs is 1. The van der Waals surface area contributed by atoms with Crippen molar-refractivity contribution in [2.75, 3.05) is 4.90 Å². The number of anilines is 1. The second-order valence-corrected chi connectivity index (χ2v) is 5.66. The van der Waals surface area contributed by atoms with Gasteiger partial charge in [0.25, 0.3) is 0 Å². The van der Waals surface area contributed by atoms with Gasteiger partial charge in [-0.3, -0.25) is 4.79 Å². The van der Waals surface area contributed by atoms with Gasteiger partial charge in [0.15, 0.2) is 5.78 Å². The van der Waals surface area contributed by atoms with Crippen molar-refractivity contribution in [3.8, 4) is 0 Å². The summed E-state index contributed by atoms with van der Waals surface area (Å²) in [5, 5.41) is 2.47. The lowest BCUT2D eigenvalue weighted by Gasteiger charge is -2.32. The molecule has 0 aromatic heterocycles. The Bertz CT molecular complexity index is 780. The van der Waals surface area contributed by atoms with Crippen LogP contribution in [0.3, 0.4) is 0 Å². The number of Topliss-reactive ketones (excluding diaryl/α,β-unsaturated/α-hetero) is 1. The van der Waals surface area contributed by atoms with Crippen LogP contribution in [-0.2, 0) is 4.79 Å². The molecule has 0 saturated heterocycles. The molecule has 1 aliphatic carbocycles. The van der Waals surface area contributed by atoms with Crippen LogP contribution in [-0.4, -0.2) is 5.78 Å². The van der Waals surface area contributed by atoms with Crippen molar-refractivity contribution in [2.24, 2.45) is 0 Å². The molecule has 2 heteroatoms. The average Bonchev–Trinajstić information content (AvgIpc) is 2.54. The van der Waals surface area contributed by atoms with Gasteiger partial charge < -0.3 is 4.90 Å². The Hall–Kier alpha value is -2.35. The minimum Gasteiger partial charge on any atom is -0.320 e. The van der Waals surface area contributed by atoms with Crippen LogP contribution in [0, 0.1) is 0 Å². The van der Waals surface area contributed by atoms with E-state index in [1.54, 1.807) is 0 Å². The Morgan fingerprint density at radius 2 is 1.81 bits per heavy atom. The van der Waals surface area contributed by atoms with Gasteiger partial charge >= 0.3 is 0 Å². The SMILES string of the molecule is O=C1CCCC2=C1CC=CN2c1cccc2ccccc12. The van der Waals surface area contributed by atoms with Gasteiger partial charge in [-0.25, -0.2) is 0 Å². The number of ketones is 1. The summed E-state index contributed by atoms with van der Waals surface area (Å²) >= 11 is 0. The van der Waals surface area contributed by atoms with Gasteiger partial charge in [-0.1, -0.05) is 42.5 Å². The largest absolute Gasteiger partial charge is 0.320 e. The molecule has 21 heavy (non-hydrogen) atoms. The molecule has 104 valence electrons. The number of hydrogen-bond donors (Lipinski definition) is 0. The molecule has 0 N–H and O–H groups in total. The summed E-state index contributed by atoms with van der Waals surface area (Å²) in [6.45, 7) is 0. The maximum Gasteiger partial charge on any atom is 0.160 e. The third kappa shape index (κ3) is 1.99. The van der Waals surface area contributed by atoms with Crippen LogP contribution in [0.4, 0.5) is 5.69 Å². The topological polar surface area (TPSA) is 20.3 Å². The van der Waals surface area contributed by atoms with E-state index in [1.165, 1.54) is 22.2 Å². The Labute approximate surface area is 124 Å². The Morgan fingerprint density at radius 1 is 0.952 bits per heavy atom. The molecule has 0 fully saturated rings. The third-order valence-electron chi connectivity index (χ3n) is 4.40. The standard InChI is InChI=1S/C19H17NO/c21-19-12-4-11-18-16(19)9-5-13-20(18)17-10-3-7-14-6-1-2-8-15(14)17/h1-3,5-8,10,13H,4,9,11-12H2. The first kappa shape index (κ1) is 12.4. The number of nitrogens with zero attached hydrogens (tertiary/aromatic N) is 1. The summed E-state index contributed by atoms with van der Waals surface area (Å²) in [5.74, 6) is 0.325. The summed E-state index contributed by atoms with van der Waals surface area (Å²) < 4.78 is 0. The lowest BCUT2D eigenvalue weighted by Crippen LogP contribution is -2.26. The van der Waals surface area contributed by atoms with Crippen LogP contribution in [0.2, 0.25) is 0 Å². The van der Waals surface area contributed by atoms with Crippen molar-refractivity contribution >= 4 is 22.2 Å². The van der Waals surface area contributed by atoms with Gasteiger partial charge in [0.1, 0.15) is 0 Å². The van der Waals surface area contributed by atoms with Gasteiger partial charge in [0.05, 0.1) is 5.69 Å². The number of hydrogen-bond acceptors (Lipinski definition) is 2. The average molecular weight is 275 g/mol. The Morgan fingerprint density at radius 3 is 2.76 bits per heavy atom. The van der Waals surface area contributed by atoms with E-state index < -0.39 is 0 Å². The van der Waals surface area contributed by atoms with E-state index >= 15 is 0 Å². The molecule has 1 heterocycles. The summed E-state index contributed by atoms with van der Waals surface area (Å²) in [4.78, 5) is 14.4. The molecule has 2 aromatic carbocycles. The normalized spacial score (nSPS) is 18.3. The lowest BCUT2D eigenvalue weighted by molar-refractivity contribution is -0.116. The van der Waals surface area contributed by atoms with Crippen molar-refractivity contribution in [3.63, 3.8) is 0 Å².